The minimum Gasteiger partial charge on any atom is -0.368 e. The number of anilines is 1. The summed E-state index contributed by atoms with van der Waals surface area (Å²) in [6.07, 6.45) is 3.64. The number of hydrogen-bond acceptors (Lipinski definition) is 3. The Hall–Kier alpha value is -2.08. The van der Waals surface area contributed by atoms with E-state index in [0.29, 0.717) is 18.8 Å². The number of benzene rings is 1. The van der Waals surface area contributed by atoms with Gasteiger partial charge in [0.2, 0.25) is 0 Å². The smallest absolute Gasteiger partial charge is 0.149 e. The van der Waals surface area contributed by atoms with Crippen molar-refractivity contribution >= 4 is 5.69 Å². The van der Waals surface area contributed by atoms with Crippen LogP contribution in [0.2, 0.25) is 0 Å². The molecule has 0 bridgehead atoms. The number of aromatic nitrogens is 1. The monoisotopic (exact) mass is 321 g/mol. The predicted octanol–water partition coefficient (Wildman–Crippen LogP) is 3.43. The van der Waals surface area contributed by atoms with E-state index in [1.807, 2.05) is 11.8 Å². The van der Waals surface area contributed by atoms with Gasteiger partial charge in [-0.1, -0.05) is 0 Å². The van der Waals surface area contributed by atoms with E-state index in [2.05, 4.69) is 10.3 Å². The lowest BCUT2D eigenvalue weighted by atomic mass is 10.1. The van der Waals surface area contributed by atoms with Crippen molar-refractivity contribution in [2.45, 2.75) is 25.4 Å². The van der Waals surface area contributed by atoms with Gasteiger partial charge in [0.25, 0.3) is 0 Å². The van der Waals surface area contributed by atoms with Crippen LogP contribution in [-0.2, 0) is 0 Å². The normalized spacial score (nSPS) is 19.1. The third-order valence-corrected chi connectivity index (χ3v) is 4.15. The third-order valence-electron chi connectivity index (χ3n) is 4.15. The van der Waals surface area contributed by atoms with Crippen molar-refractivity contribution in [2.24, 2.45) is 0 Å². The minimum absolute atomic E-state index is 0.0544. The summed E-state index contributed by atoms with van der Waals surface area (Å²) in [6.45, 7) is 3.25. The molecule has 0 spiro atoms. The number of halogens is 3. The minimum atomic E-state index is -0.577. The van der Waals surface area contributed by atoms with Gasteiger partial charge in [-0.15, -0.1) is 0 Å². The first-order valence-electron chi connectivity index (χ1n) is 7.59. The fourth-order valence-electron chi connectivity index (χ4n) is 2.97. The number of nitrogens with one attached hydrogen (secondary N) is 1. The molecule has 1 aliphatic heterocycles. The Balaban J connectivity index is 1.63. The molecule has 1 aliphatic rings. The van der Waals surface area contributed by atoms with Crippen molar-refractivity contribution in [1.29, 1.82) is 0 Å². The summed E-state index contributed by atoms with van der Waals surface area (Å²) in [7, 11) is 0. The first-order valence-corrected chi connectivity index (χ1v) is 7.59. The van der Waals surface area contributed by atoms with Gasteiger partial charge in [-0.2, -0.15) is 0 Å². The molecule has 3 nitrogen and oxygen atoms in total. The van der Waals surface area contributed by atoms with E-state index in [1.165, 1.54) is 24.4 Å². The van der Waals surface area contributed by atoms with Gasteiger partial charge in [0.15, 0.2) is 0 Å². The quantitative estimate of drug-likeness (QED) is 0.935. The molecule has 23 heavy (non-hydrogen) atoms. The molecular weight excluding hydrogens is 303 g/mol. The lowest BCUT2D eigenvalue weighted by molar-refractivity contribution is 0.477. The molecular formula is C17H18F3N3. The van der Waals surface area contributed by atoms with Crippen LogP contribution in [0.3, 0.4) is 0 Å². The first kappa shape index (κ1) is 15.8. The Bertz CT molecular complexity index is 693. The summed E-state index contributed by atoms with van der Waals surface area (Å²) >= 11 is 0. The number of nitrogens with zero attached hydrogens (tertiary/aromatic N) is 2. The molecule has 1 fully saturated rings. The highest BCUT2D eigenvalue weighted by Crippen LogP contribution is 2.25. The molecule has 2 atom stereocenters. The van der Waals surface area contributed by atoms with Crippen LogP contribution < -0.4 is 10.2 Å². The highest BCUT2D eigenvalue weighted by atomic mass is 19.1. The third kappa shape index (κ3) is 3.64. The van der Waals surface area contributed by atoms with Crippen LogP contribution in [0, 0.1) is 17.5 Å². The molecule has 1 aromatic heterocycles. The lowest BCUT2D eigenvalue weighted by Crippen LogP contribution is -2.34. The summed E-state index contributed by atoms with van der Waals surface area (Å²) in [4.78, 5) is 5.74. The highest BCUT2D eigenvalue weighted by molar-refractivity contribution is 5.49. The second-order valence-electron chi connectivity index (χ2n) is 5.85. The van der Waals surface area contributed by atoms with Gasteiger partial charge >= 0.3 is 0 Å². The molecule has 6 heteroatoms. The van der Waals surface area contributed by atoms with E-state index in [1.54, 1.807) is 6.20 Å². The van der Waals surface area contributed by atoms with Crippen molar-refractivity contribution in [1.82, 2.24) is 10.3 Å². The number of hydrogen-bond donors (Lipinski definition) is 1. The first-order chi connectivity index (χ1) is 11.0. The highest BCUT2D eigenvalue weighted by Gasteiger charge is 2.26. The Morgan fingerprint density at radius 2 is 2.00 bits per heavy atom. The van der Waals surface area contributed by atoms with E-state index >= 15 is 0 Å². The fourth-order valence-corrected chi connectivity index (χ4v) is 2.97. The van der Waals surface area contributed by atoms with Gasteiger partial charge in [-0.3, -0.25) is 4.98 Å². The van der Waals surface area contributed by atoms with Gasteiger partial charge in [-0.05, 0) is 37.1 Å². The van der Waals surface area contributed by atoms with Crippen LogP contribution in [0.1, 0.15) is 24.9 Å². The maximum Gasteiger partial charge on any atom is 0.149 e. The van der Waals surface area contributed by atoms with Crippen molar-refractivity contribution in [2.75, 3.05) is 18.0 Å². The maximum atomic E-state index is 13.8. The van der Waals surface area contributed by atoms with Gasteiger partial charge in [0.1, 0.15) is 17.5 Å². The van der Waals surface area contributed by atoms with Crippen molar-refractivity contribution < 1.29 is 13.2 Å². The van der Waals surface area contributed by atoms with Crippen molar-refractivity contribution in [3.8, 4) is 0 Å². The fraction of sp³-hybridized carbons (Fsp3) is 0.353. The molecule has 3 rings (SSSR count). The van der Waals surface area contributed by atoms with Gasteiger partial charge < -0.3 is 10.2 Å². The Morgan fingerprint density at radius 3 is 2.74 bits per heavy atom. The number of rotatable bonds is 4. The second-order valence-corrected chi connectivity index (χ2v) is 5.85. The van der Waals surface area contributed by atoms with E-state index in [4.69, 9.17) is 0 Å². The van der Waals surface area contributed by atoms with Crippen LogP contribution >= 0.6 is 0 Å². The molecule has 0 saturated carbocycles. The van der Waals surface area contributed by atoms with Crippen LogP contribution in [0.15, 0.2) is 36.7 Å². The standard InChI is InChI=1S/C17H18F3N3/c1-11(12-6-14(19)9-21-8-12)22-15-4-5-23(10-15)17-3-2-13(18)7-16(17)20/h2-3,6-9,11,15,22H,4-5,10H2,1H3/t11-,15-/m1/s1. The van der Waals surface area contributed by atoms with Gasteiger partial charge in [0, 0.05) is 37.4 Å². The molecule has 1 N–H and O–H groups in total. The maximum absolute atomic E-state index is 13.8. The zero-order chi connectivity index (χ0) is 16.4. The molecule has 0 amide bonds. The lowest BCUT2D eigenvalue weighted by Gasteiger charge is -2.22. The Kier molecular flexibility index (Phi) is 4.52. The topological polar surface area (TPSA) is 28.2 Å². The van der Waals surface area contributed by atoms with Crippen LogP contribution in [0.25, 0.3) is 0 Å². The average molecular weight is 321 g/mol. The van der Waals surface area contributed by atoms with Crippen molar-refractivity contribution in [3.05, 3.63) is 59.7 Å². The summed E-state index contributed by atoms with van der Waals surface area (Å²) in [6, 6.07) is 5.18. The number of pyridine rings is 1. The Labute approximate surface area is 133 Å². The largest absolute Gasteiger partial charge is 0.368 e. The van der Waals surface area contributed by atoms with Gasteiger partial charge in [0.05, 0.1) is 11.9 Å². The molecule has 0 unspecified atom stereocenters. The average Bonchev–Trinajstić information content (AvgIpc) is 2.95. The molecule has 1 saturated heterocycles. The molecule has 0 aliphatic carbocycles. The van der Waals surface area contributed by atoms with Gasteiger partial charge in [-0.25, -0.2) is 13.2 Å². The summed E-state index contributed by atoms with van der Waals surface area (Å²) in [5.41, 5.74) is 1.19. The van der Waals surface area contributed by atoms with E-state index in [0.717, 1.165) is 18.1 Å². The summed E-state index contributed by atoms with van der Waals surface area (Å²) in [5, 5.41) is 3.41. The van der Waals surface area contributed by atoms with E-state index < -0.39 is 11.6 Å². The van der Waals surface area contributed by atoms with Crippen molar-refractivity contribution in [3.63, 3.8) is 0 Å². The zero-order valence-corrected chi connectivity index (χ0v) is 12.8. The molecule has 122 valence electrons. The summed E-state index contributed by atoms with van der Waals surface area (Å²) in [5.74, 6) is -1.49. The van der Waals surface area contributed by atoms with Crippen LogP contribution in [0.5, 0.6) is 0 Å². The SMILES string of the molecule is C[C@@H](N[C@@H]1CCN(c2ccc(F)cc2F)C1)c1cncc(F)c1. The molecule has 0 radical (unpaired) electrons. The van der Waals surface area contributed by atoms with E-state index in [9.17, 15) is 13.2 Å². The molecule has 1 aromatic carbocycles. The zero-order valence-electron chi connectivity index (χ0n) is 12.8. The molecule has 2 heterocycles. The summed E-state index contributed by atoms with van der Waals surface area (Å²) < 4.78 is 40.1. The molecule has 2 aromatic rings. The van der Waals surface area contributed by atoms with Crippen LogP contribution in [-0.4, -0.2) is 24.1 Å². The van der Waals surface area contributed by atoms with Crippen LogP contribution in [0.4, 0.5) is 18.9 Å². The Morgan fingerprint density at radius 1 is 1.17 bits per heavy atom. The van der Waals surface area contributed by atoms with E-state index in [-0.39, 0.29) is 17.9 Å². The predicted molar refractivity (Wildman–Crippen MR) is 82.7 cm³/mol. The second kappa shape index (κ2) is 6.58.